The number of rotatable bonds is 6. The number of fused-ring (bicyclic) bond motifs is 1. The maximum absolute atomic E-state index is 13.2. The van der Waals surface area contributed by atoms with Gasteiger partial charge in [0.15, 0.2) is 0 Å². The molecule has 0 saturated heterocycles. The van der Waals surface area contributed by atoms with E-state index in [1.807, 2.05) is 6.07 Å². The normalized spacial score (nSPS) is 15.3. The minimum absolute atomic E-state index is 0.0604. The number of halogens is 5. The Morgan fingerprint density at radius 1 is 0.923 bits per heavy atom. The zero-order valence-electron chi connectivity index (χ0n) is 19.9. The fourth-order valence-electron chi connectivity index (χ4n) is 4.54. The summed E-state index contributed by atoms with van der Waals surface area (Å²) in [7, 11) is -3.87. The van der Waals surface area contributed by atoms with E-state index in [9.17, 15) is 26.4 Å². The molecule has 0 bridgehead atoms. The molecule has 3 aromatic carbocycles. The third-order valence-electron chi connectivity index (χ3n) is 6.33. The zero-order chi connectivity index (χ0) is 27.9. The lowest BCUT2D eigenvalue weighted by molar-refractivity contribution is -0.137. The van der Waals surface area contributed by atoms with E-state index in [2.05, 4.69) is 10.0 Å². The zero-order valence-corrected chi connectivity index (χ0v) is 23.0. The van der Waals surface area contributed by atoms with Crippen molar-refractivity contribution in [3.63, 3.8) is 0 Å². The number of carbonyl (C=O) groups is 1. The molecule has 1 heterocycles. The van der Waals surface area contributed by atoms with Crippen molar-refractivity contribution in [1.29, 1.82) is 0 Å². The molecular formula is C27H19Cl2F3N2O3S2. The molecule has 12 heteroatoms. The van der Waals surface area contributed by atoms with Gasteiger partial charge in [0.1, 0.15) is 9.23 Å². The first-order chi connectivity index (χ1) is 18.4. The fraction of sp³-hybridized carbons (Fsp3) is 0.148. The molecule has 1 aromatic heterocycles. The Labute approximate surface area is 236 Å². The van der Waals surface area contributed by atoms with Crippen molar-refractivity contribution in [2.45, 2.75) is 30.0 Å². The van der Waals surface area contributed by atoms with E-state index in [0.717, 1.165) is 34.6 Å². The van der Waals surface area contributed by atoms with Crippen LogP contribution in [0.1, 0.15) is 27.0 Å². The molecule has 0 saturated carbocycles. The van der Waals surface area contributed by atoms with E-state index >= 15 is 0 Å². The molecule has 2 N–H and O–H groups in total. The van der Waals surface area contributed by atoms with Gasteiger partial charge in [0.05, 0.1) is 9.90 Å². The summed E-state index contributed by atoms with van der Waals surface area (Å²) in [6.07, 6.45) is -3.57. The van der Waals surface area contributed by atoms with Crippen molar-refractivity contribution in [3.8, 4) is 11.1 Å². The Morgan fingerprint density at radius 3 is 2.28 bits per heavy atom. The Hall–Kier alpha value is -2.89. The fourth-order valence-corrected chi connectivity index (χ4v) is 7.93. The third kappa shape index (κ3) is 6.00. The highest BCUT2D eigenvalue weighted by atomic mass is 35.5. The molecule has 0 spiro atoms. The van der Waals surface area contributed by atoms with Crippen molar-refractivity contribution in [2.24, 2.45) is 0 Å². The van der Waals surface area contributed by atoms with Crippen LogP contribution in [-0.2, 0) is 29.0 Å². The predicted molar refractivity (Wildman–Crippen MR) is 147 cm³/mol. The summed E-state index contributed by atoms with van der Waals surface area (Å²) < 4.78 is 67.5. The van der Waals surface area contributed by atoms with Crippen LogP contribution < -0.4 is 10.0 Å². The lowest BCUT2D eigenvalue weighted by atomic mass is 9.98. The summed E-state index contributed by atoms with van der Waals surface area (Å²) in [5.41, 5.74) is 2.84. The van der Waals surface area contributed by atoms with E-state index in [1.54, 1.807) is 36.4 Å². The van der Waals surface area contributed by atoms with Gasteiger partial charge in [-0.2, -0.15) is 13.2 Å². The van der Waals surface area contributed by atoms with Gasteiger partial charge in [-0.3, -0.25) is 4.79 Å². The van der Waals surface area contributed by atoms with Gasteiger partial charge in [-0.25, -0.2) is 13.1 Å². The minimum atomic E-state index is -4.45. The summed E-state index contributed by atoms with van der Waals surface area (Å²) in [5.74, 6) is -0.426. The first-order valence-electron chi connectivity index (χ1n) is 11.6. The summed E-state index contributed by atoms with van der Waals surface area (Å²) in [4.78, 5) is 13.1. The van der Waals surface area contributed by atoms with Crippen molar-refractivity contribution >= 4 is 56.2 Å². The van der Waals surface area contributed by atoms with Crippen LogP contribution in [-0.4, -0.2) is 20.4 Å². The molecule has 1 unspecified atom stereocenters. The molecule has 4 aromatic rings. The Kier molecular flexibility index (Phi) is 7.51. The van der Waals surface area contributed by atoms with E-state index in [4.69, 9.17) is 23.2 Å². The van der Waals surface area contributed by atoms with E-state index < -0.39 is 33.7 Å². The molecule has 5 rings (SSSR count). The maximum Gasteiger partial charge on any atom is 0.416 e. The smallest absolute Gasteiger partial charge is 0.322 e. The molecule has 1 atom stereocenters. The van der Waals surface area contributed by atoms with Crippen molar-refractivity contribution in [1.82, 2.24) is 4.72 Å². The van der Waals surface area contributed by atoms with Gasteiger partial charge in [0.2, 0.25) is 10.0 Å². The summed E-state index contributed by atoms with van der Waals surface area (Å²) in [6, 6.07) is 17.5. The van der Waals surface area contributed by atoms with Crippen LogP contribution in [0.15, 0.2) is 77.7 Å². The van der Waals surface area contributed by atoms with Crippen LogP contribution in [0, 0.1) is 0 Å². The van der Waals surface area contributed by atoms with Crippen LogP contribution in [0.25, 0.3) is 11.1 Å². The number of carbonyl (C=O) groups excluding carboxylic acids is 1. The van der Waals surface area contributed by atoms with Gasteiger partial charge in [-0.05, 0) is 71.5 Å². The number of thiophene rings is 1. The molecule has 1 amide bonds. The number of alkyl halides is 3. The molecule has 202 valence electrons. The first-order valence-corrected chi connectivity index (χ1v) is 14.6. The molecule has 0 aliphatic heterocycles. The number of hydrogen-bond donors (Lipinski definition) is 2. The number of sulfonamides is 1. The second-order valence-corrected chi connectivity index (χ2v) is 12.9. The highest BCUT2D eigenvalue weighted by Gasteiger charge is 2.31. The van der Waals surface area contributed by atoms with Gasteiger partial charge in [0, 0.05) is 17.3 Å². The van der Waals surface area contributed by atoms with Gasteiger partial charge >= 0.3 is 6.18 Å². The molecule has 0 fully saturated rings. The molecular weight excluding hydrogens is 592 g/mol. The lowest BCUT2D eigenvalue weighted by Crippen LogP contribution is -2.35. The summed E-state index contributed by atoms with van der Waals surface area (Å²) in [5, 5.41) is 2.84. The summed E-state index contributed by atoms with van der Waals surface area (Å²) >= 11 is 12.9. The van der Waals surface area contributed by atoms with Crippen molar-refractivity contribution in [3.05, 3.63) is 104 Å². The maximum atomic E-state index is 13.2. The second-order valence-electron chi connectivity index (χ2n) is 8.97. The number of nitrogens with one attached hydrogen (secondary N) is 2. The Morgan fingerprint density at radius 2 is 1.62 bits per heavy atom. The highest BCUT2D eigenvalue weighted by Crippen LogP contribution is 2.35. The minimum Gasteiger partial charge on any atom is -0.322 e. The number of anilines is 1. The lowest BCUT2D eigenvalue weighted by Gasteiger charge is -2.13. The molecule has 0 radical (unpaired) electrons. The molecule has 1 aliphatic carbocycles. The Bertz CT molecular complexity index is 1670. The van der Waals surface area contributed by atoms with Gasteiger partial charge in [0.25, 0.3) is 5.91 Å². The summed E-state index contributed by atoms with van der Waals surface area (Å²) in [6.45, 7) is 0. The SMILES string of the molecule is O=C(Nc1ccc2c(c1)CC(NS(=O)(=O)c1cc(Cl)sc1Cl)C2)c1ccccc1-c1ccc(C(F)(F)F)cc1. The monoisotopic (exact) mass is 610 g/mol. The van der Waals surface area contributed by atoms with Crippen LogP contribution in [0.2, 0.25) is 8.67 Å². The third-order valence-corrected chi connectivity index (χ3v) is 9.60. The van der Waals surface area contributed by atoms with Gasteiger partial charge in [-0.1, -0.05) is 59.6 Å². The standard InChI is InChI=1S/C27H19Cl2F3N2O3S2/c28-24-14-23(25(29)38-24)39(36,37)34-20-11-16-7-10-19(12-17(16)13-20)33-26(35)22-4-2-1-3-21(22)15-5-8-18(9-6-15)27(30,31)32/h1-10,12,14,20,34H,11,13H2,(H,33,35). The molecule has 1 aliphatic rings. The van der Waals surface area contributed by atoms with Gasteiger partial charge < -0.3 is 5.32 Å². The van der Waals surface area contributed by atoms with Gasteiger partial charge in [-0.15, -0.1) is 11.3 Å². The van der Waals surface area contributed by atoms with Crippen molar-refractivity contribution in [2.75, 3.05) is 5.32 Å². The van der Waals surface area contributed by atoms with Crippen LogP contribution in [0.3, 0.4) is 0 Å². The number of amides is 1. The van der Waals surface area contributed by atoms with Crippen LogP contribution >= 0.6 is 34.5 Å². The second kappa shape index (κ2) is 10.6. The van der Waals surface area contributed by atoms with E-state index in [0.29, 0.717) is 35.2 Å². The largest absolute Gasteiger partial charge is 0.416 e. The number of hydrogen-bond acceptors (Lipinski definition) is 4. The van der Waals surface area contributed by atoms with Crippen molar-refractivity contribution < 1.29 is 26.4 Å². The average Bonchev–Trinajstić information content (AvgIpc) is 3.44. The predicted octanol–water partition coefficient (Wildman–Crippen LogP) is 7.44. The van der Waals surface area contributed by atoms with Crippen LogP contribution in [0.4, 0.5) is 18.9 Å². The van der Waals surface area contributed by atoms with E-state index in [-0.39, 0.29) is 13.6 Å². The van der Waals surface area contributed by atoms with E-state index in [1.165, 1.54) is 18.2 Å². The quantitative estimate of drug-likeness (QED) is 0.238. The first kappa shape index (κ1) is 27.7. The average molecular weight is 611 g/mol. The Balaban J connectivity index is 1.31. The molecule has 5 nitrogen and oxygen atoms in total. The molecule has 39 heavy (non-hydrogen) atoms. The topological polar surface area (TPSA) is 75.3 Å². The highest BCUT2D eigenvalue weighted by molar-refractivity contribution is 7.89. The van der Waals surface area contributed by atoms with Crippen LogP contribution in [0.5, 0.6) is 0 Å². The number of benzene rings is 3.